The first-order valence-corrected chi connectivity index (χ1v) is 4.53. The lowest BCUT2D eigenvalue weighted by atomic mass is 10.2. The number of hydrogen-bond donors (Lipinski definition) is 3. The molecule has 78 valence electrons. The lowest BCUT2D eigenvalue weighted by Crippen LogP contribution is -2.24. The third-order valence-electron chi connectivity index (χ3n) is 2.02. The van der Waals surface area contributed by atoms with Crippen LogP contribution >= 0.6 is 0 Å². The smallest absolute Gasteiger partial charge is 0.123 e. The van der Waals surface area contributed by atoms with Crippen molar-refractivity contribution in [1.82, 2.24) is 4.90 Å². The van der Waals surface area contributed by atoms with Crippen molar-refractivity contribution < 1.29 is 10.2 Å². The first-order chi connectivity index (χ1) is 6.63. The second-order valence-corrected chi connectivity index (χ2v) is 3.34. The molecule has 0 bridgehead atoms. The number of nitrogens with zero attached hydrogens (tertiary/aromatic N) is 1. The molecule has 4 heteroatoms. The van der Waals surface area contributed by atoms with Crippen molar-refractivity contribution in [3.05, 3.63) is 23.8 Å². The molecule has 0 unspecified atom stereocenters. The van der Waals surface area contributed by atoms with E-state index in [1.54, 1.807) is 12.1 Å². The van der Waals surface area contributed by atoms with E-state index in [9.17, 15) is 5.11 Å². The highest BCUT2D eigenvalue weighted by molar-refractivity contribution is 5.38. The van der Waals surface area contributed by atoms with Crippen molar-refractivity contribution in [3.63, 3.8) is 0 Å². The zero-order valence-corrected chi connectivity index (χ0v) is 8.27. The Bertz CT molecular complexity index is 302. The van der Waals surface area contributed by atoms with E-state index >= 15 is 0 Å². The molecular weight excluding hydrogens is 180 g/mol. The van der Waals surface area contributed by atoms with E-state index in [0.29, 0.717) is 13.1 Å². The Kier molecular flexibility index (Phi) is 3.73. The average molecular weight is 196 g/mol. The van der Waals surface area contributed by atoms with Crippen molar-refractivity contribution >= 4 is 0 Å². The van der Waals surface area contributed by atoms with Gasteiger partial charge in [0.15, 0.2) is 0 Å². The maximum Gasteiger partial charge on any atom is 0.123 e. The monoisotopic (exact) mass is 196 g/mol. The van der Waals surface area contributed by atoms with Crippen LogP contribution in [0.2, 0.25) is 0 Å². The van der Waals surface area contributed by atoms with Crippen molar-refractivity contribution in [1.29, 1.82) is 0 Å². The molecule has 0 aliphatic rings. The number of phenolic OH excluding ortho intramolecular Hbond substituents is 2. The van der Waals surface area contributed by atoms with Gasteiger partial charge in [-0.2, -0.15) is 0 Å². The number of nitrogens with two attached hydrogens (primary N) is 1. The molecule has 4 N–H and O–H groups in total. The number of aromatic hydroxyl groups is 2. The third kappa shape index (κ3) is 2.90. The van der Waals surface area contributed by atoms with Crippen LogP contribution in [-0.2, 0) is 6.54 Å². The molecule has 0 saturated carbocycles. The normalized spacial score (nSPS) is 10.8. The number of likely N-dealkylation sites (N-methyl/N-ethyl adjacent to an activating group) is 1. The lowest BCUT2D eigenvalue weighted by molar-refractivity contribution is 0.328. The van der Waals surface area contributed by atoms with Gasteiger partial charge in [0.05, 0.1) is 0 Å². The molecular formula is C10H16N2O2. The van der Waals surface area contributed by atoms with Gasteiger partial charge in [-0.3, -0.25) is 0 Å². The second kappa shape index (κ2) is 4.83. The largest absolute Gasteiger partial charge is 0.508 e. The third-order valence-corrected chi connectivity index (χ3v) is 2.02. The summed E-state index contributed by atoms with van der Waals surface area (Å²) in [7, 11) is 1.93. The molecule has 0 radical (unpaired) electrons. The molecule has 0 aliphatic carbocycles. The van der Waals surface area contributed by atoms with Crippen LogP contribution in [-0.4, -0.2) is 35.3 Å². The summed E-state index contributed by atoms with van der Waals surface area (Å²) in [6.07, 6.45) is 0. The lowest BCUT2D eigenvalue weighted by Gasteiger charge is -2.16. The fourth-order valence-corrected chi connectivity index (χ4v) is 1.28. The van der Waals surface area contributed by atoms with E-state index in [-0.39, 0.29) is 11.5 Å². The highest BCUT2D eigenvalue weighted by Crippen LogP contribution is 2.23. The average Bonchev–Trinajstić information content (AvgIpc) is 2.10. The molecule has 0 amide bonds. The van der Waals surface area contributed by atoms with Gasteiger partial charge < -0.3 is 20.8 Å². The highest BCUT2D eigenvalue weighted by atomic mass is 16.3. The highest BCUT2D eigenvalue weighted by Gasteiger charge is 2.04. The molecule has 4 nitrogen and oxygen atoms in total. The number of benzene rings is 1. The van der Waals surface area contributed by atoms with Crippen LogP contribution in [0, 0.1) is 0 Å². The first kappa shape index (κ1) is 10.8. The molecule has 0 saturated heterocycles. The van der Waals surface area contributed by atoms with Crippen LogP contribution in [0.4, 0.5) is 0 Å². The SMILES string of the molecule is CN(CCN)Cc1ccc(O)cc1O. The number of phenols is 2. The van der Waals surface area contributed by atoms with Gasteiger partial charge in [-0.05, 0) is 13.1 Å². The minimum atomic E-state index is 0.0766. The molecule has 0 aliphatic heterocycles. The fraction of sp³-hybridized carbons (Fsp3) is 0.400. The van der Waals surface area contributed by atoms with Gasteiger partial charge in [-0.15, -0.1) is 0 Å². The van der Waals surface area contributed by atoms with Crippen LogP contribution in [0.25, 0.3) is 0 Å². The van der Waals surface area contributed by atoms with Gasteiger partial charge in [-0.1, -0.05) is 6.07 Å². The van der Waals surface area contributed by atoms with E-state index in [1.165, 1.54) is 6.07 Å². The molecule has 0 heterocycles. The number of rotatable bonds is 4. The van der Waals surface area contributed by atoms with Crippen LogP contribution in [0.1, 0.15) is 5.56 Å². The van der Waals surface area contributed by atoms with E-state index in [2.05, 4.69) is 0 Å². The Balaban J connectivity index is 2.67. The van der Waals surface area contributed by atoms with Crippen molar-refractivity contribution in [2.24, 2.45) is 5.73 Å². The summed E-state index contributed by atoms with van der Waals surface area (Å²) >= 11 is 0. The van der Waals surface area contributed by atoms with Crippen LogP contribution in [0.3, 0.4) is 0 Å². The Labute approximate surface area is 83.6 Å². The minimum absolute atomic E-state index is 0.0766. The Morgan fingerprint density at radius 1 is 1.36 bits per heavy atom. The topological polar surface area (TPSA) is 69.7 Å². The predicted molar refractivity (Wildman–Crippen MR) is 55.2 cm³/mol. The molecule has 0 spiro atoms. The Hall–Kier alpha value is -1.26. The molecule has 1 aromatic rings. The molecule has 1 rings (SSSR count). The van der Waals surface area contributed by atoms with Gasteiger partial charge in [0.2, 0.25) is 0 Å². The van der Waals surface area contributed by atoms with Gasteiger partial charge in [0.25, 0.3) is 0 Å². The predicted octanol–water partition coefficient (Wildman–Crippen LogP) is 0.488. The Morgan fingerprint density at radius 2 is 2.07 bits per heavy atom. The molecule has 1 aromatic carbocycles. The summed E-state index contributed by atoms with van der Waals surface area (Å²) < 4.78 is 0. The van der Waals surface area contributed by atoms with Gasteiger partial charge >= 0.3 is 0 Å². The van der Waals surface area contributed by atoms with Gasteiger partial charge in [0, 0.05) is 31.3 Å². The minimum Gasteiger partial charge on any atom is -0.508 e. The summed E-state index contributed by atoms with van der Waals surface area (Å²) in [4.78, 5) is 2.01. The molecule has 0 atom stereocenters. The van der Waals surface area contributed by atoms with Crippen LogP contribution in [0.15, 0.2) is 18.2 Å². The number of hydrogen-bond acceptors (Lipinski definition) is 4. The van der Waals surface area contributed by atoms with Crippen LogP contribution < -0.4 is 5.73 Å². The van der Waals surface area contributed by atoms with Gasteiger partial charge in [-0.25, -0.2) is 0 Å². The van der Waals surface area contributed by atoms with Crippen LogP contribution in [0.5, 0.6) is 11.5 Å². The van der Waals surface area contributed by atoms with Crippen molar-refractivity contribution in [2.45, 2.75) is 6.54 Å². The zero-order chi connectivity index (χ0) is 10.6. The first-order valence-electron chi connectivity index (χ1n) is 4.53. The molecule has 0 aromatic heterocycles. The van der Waals surface area contributed by atoms with E-state index in [4.69, 9.17) is 10.8 Å². The molecule has 14 heavy (non-hydrogen) atoms. The molecule has 0 fully saturated rings. The summed E-state index contributed by atoms with van der Waals surface area (Å²) in [5.74, 6) is 0.196. The maximum atomic E-state index is 9.49. The summed E-state index contributed by atoms with van der Waals surface area (Å²) in [5, 5.41) is 18.6. The summed E-state index contributed by atoms with van der Waals surface area (Å²) in [6.45, 7) is 2.00. The van der Waals surface area contributed by atoms with E-state index < -0.39 is 0 Å². The fourth-order valence-electron chi connectivity index (χ4n) is 1.28. The standard InChI is InChI=1S/C10H16N2O2/c1-12(5-4-11)7-8-2-3-9(13)6-10(8)14/h2-3,6,13-14H,4-5,7,11H2,1H3. The Morgan fingerprint density at radius 3 is 2.64 bits per heavy atom. The summed E-state index contributed by atoms with van der Waals surface area (Å²) in [6, 6.07) is 4.61. The zero-order valence-electron chi connectivity index (χ0n) is 8.27. The van der Waals surface area contributed by atoms with Gasteiger partial charge in [0.1, 0.15) is 11.5 Å². The van der Waals surface area contributed by atoms with E-state index in [1.807, 2.05) is 11.9 Å². The maximum absolute atomic E-state index is 9.49. The summed E-state index contributed by atoms with van der Waals surface area (Å²) in [5.41, 5.74) is 6.19. The second-order valence-electron chi connectivity index (χ2n) is 3.34. The van der Waals surface area contributed by atoms with Crippen molar-refractivity contribution in [3.8, 4) is 11.5 Å². The van der Waals surface area contributed by atoms with E-state index in [0.717, 1.165) is 12.1 Å². The quantitative estimate of drug-likeness (QED) is 0.655. The van der Waals surface area contributed by atoms with Crippen molar-refractivity contribution in [2.75, 3.05) is 20.1 Å².